The topological polar surface area (TPSA) is 84.5 Å². The number of aryl methyl sites for hydroxylation is 1. The summed E-state index contributed by atoms with van der Waals surface area (Å²) in [6, 6.07) is 1.20. The number of ether oxygens (including phenoxy) is 1. The monoisotopic (exact) mass is 366 g/mol. The molecule has 1 aromatic rings. The van der Waals surface area contributed by atoms with E-state index >= 15 is 0 Å². The van der Waals surface area contributed by atoms with E-state index in [9.17, 15) is 14.4 Å². The fourth-order valence-corrected chi connectivity index (χ4v) is 3.92. The van der Waals surface area contributed by atoms with E-state index in [1.54, 1.807) is 13.8 Å². The lowest BCUT2D eigenvalue weighted by atomic mass is 9.87. The highest BCUT2D eigenvalue weighted by atomic mass is 32.1. The molecule has 138 valence electrons. The third-order valence-electron chi connectivity index (χ3n) is 4.27. The van der Waals surface area contributed by atoms with E-state index in [4.69, 9.17) is 4.74 Å². The molecule has 0 bridgehead atoms. The van der Waals surface area contributed by atoms with Gasteiger partial charge < -0.3 is 10.1 Å². The Hall–Kier alpha value is -1.89. The van der Waals surface area contributed by atoms with Gasteiger partial charge in [0, 0.05) is 10.9 Å². The molecule has 1 heterocycles. The molecule has 3 amide bonds. The van der Waals surface area contributed by atoms with Crippen LogP contribution in [-0.2, 0) is 22.4 Å². The number of rotatable bonds is 5. The van der Waals surface area contributed by atoms with Gasteiger partial charge in [0.15, 0.2) is 6.10 Å². The first-order chi connectivity index (χ1) is 11.8. The molecule has 1 aromatic heterocycles. The third-order valence-corrected chi connectivity index (χ3v) is 5.49. The van der Waals surface area contributed by atoms with Crippen LogP contribution in [0.4, 0.5) is 4.79 Å². The smallest absolute Gasteiger partial charge is 0.349 e. The van der Waals surface area contributed by atoms with Gasteiger partial charge in [0.25, 0.3) is 5.91 Å². The number of thiophene rings is 1. The molecule has 2 rings (SSSR count). The van der Waals surface area contributed by atoms with E-state index in [-0.39, 0.29) is 6.04 Å². The molecule has 0 spiro atoms. The summed E-state index contributed by atoms with van der Waals surface area (Å²) in [5, 5.41) is 4.71. The maximum atomic E-state index is 12.3. The van der Waals surface area contributed by atoms with E-state index < -0.39 is 24.0 Å². The van der Waals surface area contributed by atoms with Crippen molar-refractivity contribution in [2.24, 2.45) is 5.92 Å². The summed E-state index contributed by atoms with van der Waals surface area (Å²) in [6.45, 7) is 7.22. The predicted octanol–water partition coefficient (Wildman–Crippen LogP) is 3.04. The first-order valence-corrected chi connectivity index (χ1v) is 9.55. The number of nitrogens with one attached hydrogen (secondary N) is 2. The normalized spacial score (nSPS) is 17.6. The van der Waals surface area contributed by atoms with Gasteiger partial charge >= 0.3 is 12.0 Å². The maximum Gasteiger partial charge on any atom is 0.349 e. The number of hydrogen-bond acceptors (Lipinski definition) is 5. The molecule has 2 N–H and O–H groups in total. The minimum Gasteiger partial charge on any atom is -0.448 e. The molecule has 0 saturated carbocycles. The van der Waals surface area contributed by atoms with E-state index in [2.05, 4.69) is 17.6 Å². The van der Waals surface area contributed by atoms with Gasteiger partial charge in [-0.3, -0.25) is 10.1 Å². The summed E-state index contributed by atoms with van der Waals surface area (Å²) in [6.07, 6.45) is 3.26. The molecule has 1 aliphatic carbocycles. The zero-order chi connectivity index (χ0) is 18.6. The first kappa shape index (κ1) is 19.4. The average molecular weight is 366 g/mol. The second-order valence-electron chi connectivity index (χ2n) is 6.74. The molecule has 7 heteroatoms. The van der Waals surface area contributed by atoms with Gasteiger partial charge in [0.1, 0.15) is 4.88 Å². The largest absolute Gasteiger partial charge is 0.448 e. The summed E-state index contributed by atoms with van der Waals surface area (Å²) >= 11 is 1.45. The standard InChI is InChI=1S/C18H26N2O4S/c1-5-12-6-7-14-13(8-12)9-15(25-14)17(22)24-11(4)16(21)20-18(23)19-10(2)3/h9-12H,5-8H2,1-4H3,(H2,19,20,21,23)/t11-,12+/m1/s1. The first-order valence-electron chi connectivity index (χ1n) is 8.74. The van der Waals surface area contributed by atoms with Gasteiger partial charge in [-0.1, -0.05) is 13.3 Å². The number of imide groups is 1. The number of hydrogen-bond donors (Lipinski definition) is 2. The SMILES string of the molecule is CC[C@H]1CCc2sc(C(=O)O[C@H](C)C(=O)NC(=O)NC(C)C)cc2C1. The van der Waals surface area contributed by atoms with Gasteiger partial charge in [-0.15, -0.1) is 11.3 Å². The Morgan fingerprint density at radius 2 is 2.04 bits per heavy atom. The van der Waals surface area contributed by atoms with Crippen LogP contribution in [0.5, 0.6) is 0 Å². The van der Waals surface area contributed by atoms with Gasteiger partial charge in [-0.2, -0.15) is 0 Å². The quantitative estimate of drug-likeness (QED) is 0.785. The highest BCUT2D eigenvalue weighted by Crippen LogP contribution is 2.33. The fraction of sp³-hybridized carbons (Fsp3) is 0.611. The number of esters is 1. The Bertz CT molecular complexity index is 654. The Morgan fingerprint density at radius 1 is 1.32 bits per heavy atom. The molecule has 6 nitrogen and oxygen atoms in total. The maximum absolute atomic E-state index is 12.3. The minimum absolute atomic E-state index is 0.0879. The summed E-state index contributed by atoms with van der Waals surface area (Å²) < 4.78 is 5.21. The van der Waals surface area contributed by atoms with Crippen molar-refractivity contribution in [1.82, 2.24) is 10.6 Å². The predicted molar refractivity (Wildman–Crippen MR) is 96.8 cm³/mol. The summed E-state index contributed by atoms with van der Waals surface area (Å²) in [4.78, 5) is 37.5. The van der Waals surface area contributed by atoms with E-state index in [0.29, 0.717) is 10.8 Å². The molecule has 2 atom stereocenters. The number of carbonyl (C=O) groups is 3. The zero-order valence-electron chi connectivity index (χ0n) is 15.2. The Morgan fingerprint density at radius 3 is 2.68 bits per heavy atom. The van der Waals surface area contributed by atoms with Crippen molar-refractivity contribution >= 4 is 29.2 Å². The molecule has 0 aromatic carbocycles. The van der Waals surface area contributed by atoms with Gasteiger partial charge in [-0.25, -0.2) is 9.59 Å². The van der Waals surface area contributed by atoms with Crippen LogP contribution < -0.4 is 10.6 Å². The van der Waals surface area contributed by atoms with E-state index in [1.807, 2.05) is 6.07 Å². The van der Waals surface area contributed by atoms with Crippen LogP contribution in [0.1, 0.15) is 60.6 Å². The van der Waals surface area contributed by atoms with Gasteiger partial charge in [0.05, 0.1) is 0 Å². The molecule has 0 saturated heterocycles. The highest BCUT2D eigenvalue weighted by molar-refractivity contribution is 7.14. The van der Waals surface area contributed by atoms with Gasteiger partial charge in [-0.05, 0) is 57.6 Å². The molecule has 0 aliphatic heterocycles. The van der Waals surface area contributed by atoms with Crippen molar-refractivity contribution in [3.05, 3.63) is 21.4 Å². The number of carbonyl (C=O) groups excluding carboxylic acids is 3. The van der Waals surface area contributed by atoms with Crippen LogP contribution in [0.25, 0.3) is 0 Å². The average Bonchev–Trinajstić information content (AvgIpc) is 2.96. The third kappa shape index (κ3) is 5.29. The lowest BCUT2D eigenvalue weighted by molar-refractivity contribution is -0.127. The van der Waals surface area contributed by atoms with Crippen LogP contribution >= 0.6 is 11.3 Å². The second kappa shape index (κ2) is 8.47. The van der Waals surface area contributed by atoms with Crippen molar-refractivity contribution in [3.63, 3.8) is 0 Å². The van der Waals surface area contributed by atoms with E-state index in [1.165, 1.54) is 28.7 Å². The number of fused-ring (bicyclic) bond motifs is 1. The Balaban J connectivity index is 1.92. The minimum atomic E-state index is -1.03. The lowest BCUT2D eigenvalue weighted by Crippen LogP contribution is -2.46. The lowest BCUT2D eigenvalue weighted by Gasteiger charge is -2.19. The number of amides is 3. The highest BCUT2D eigenvalue weighted by Gasteiger charge is 2.25. The van der Waals surface area contributed by atoms with Crippen LogP contribution in [0.15, 0.2) is 6.07 Å². The van der Waals surface area contributed by atoms with E-state index in [0.717, 1.165) is 25.7 Å². The fourth-order valence-electron chi connectivity index (χ4n) is 2.83. The van der Waals surface area contributed by atoms with Crippen molar-refractivity contribution in [1.29, 1.82) is 0 Å². The summed E-state index contributed by atoms with van der Waals surface area (Å²) in [5.74, 6) is -0.478. The van der Waals surface area contributed by atoms with Crippen molar-refractivity contribution in [2.75, 3.05) is 0 Å². The molecular weight excluding hydrogens is 340 g/mol. The molecular formula is C18H26N2O4S. The molecule has 25 heavy (non-hydrogen) atoms. The Kier molecular flexibility index (Phi) is 6.58. The van der Waals surface area contributed by atoms with Crippen molar-refractivity contribution in [3.8, 4) is 0 Å². The van der Waals surface area contributed by atoms with Crippen molar-refractivity contribution in [2.45, 2.75) is 65.5 Å². The Labute approximate surface area is 152 Å². The zero-order valence-corrected chi connectivity index (χ0v) is 16.0. The molecule has 0 fully saturated rings. The van der Waals surface area contributed by atoms with Crippen LogP contribution in [0, 0.1) is 5.92 Å². The second-order valence-corrected chi connectivity index (χ2v) is 7.88. The molecule has 0 unspecified atom stereocenters. The van der Waals surface area contributed by atoms with Crippen LogP contribution in [0.3, 0.4) is 0 Å². The molecule has 0 radical (unpaired) electrons. The van der Waals surface area contributed by atoms with Crippen LogP contribution in [-0.4, -0.2) is 30.1 Å². The van der Waals surface area contributed by atoms with Crippen molar-refractivity contribution < 1.29 is 19.1 Å². The van der Waals surface area contributed by atoms with Gasteiger partial charge in [0.2, 0.25) is 0 Å². The summed E-state index contributed by atoms with van der Waals surface area (Å²) in [5.41, 5.74) is 1.23. The number of urea groups is 1. The summed E-state index contributed by atoms with van der Waals surface area (Å²) in [7, 11) is 0. The van der Waals surface area contributed by atoms with Crippen LogP contribution in [0.2, 0.25) is 0 Å². The molecule has 1 aliphatic rings.